The van der Waals surface area contributed by atoms with Gasteiger partial charge in [0.15, 0.2) is 0 Å². The molecule has 3 N–H and O–H groups in total. The van der Waals surface area contributed by atoms with Gasteiger partial charge >= 0.3 is 112 Å². The molecule has 0 spiro atoms. The van der Waals surface area contributed by atoms with E-state index in [2.05, 4.69) is 13.2 Å². The second kappa shape index (κ2) is 6.09. The van der Waals surface area contributed by atoms with Crippen molar-refractivity contribution in [1.82, 2.24) is 0 Å². The Hall–Kier alpha value is -1.23. The minimum absolute atomic E-state index is 0.00435. The van der Waals surface area contributed by atoms with Crippen LogP contribution in [-0.4, -0.2) is 27.0 Å². The zero-order chi connectivity index (χ0) is 13.0. The molecule has 1 heterocycles. The van der Waals surface area contributed by atoms with Gasteiger partial charge in [-0.15, -0.1) is 0 Å². The van der Waals surface area contributed by atoms with Gasteiger partial charge in [-0.1, -0.05) is 0 Å². The van der Waals surface area contributed by atoms with Crippen LogP contribution in [0.15, 0.2) is 26.1 Å². The summed E-state index contributed by atoms with van der Waals surface area (Å²) in [5.41, 5.74) is 8.05. The number of rotatable bonds is 5. The third kappa shape index (κ3) is 2.96. The van der Waals surface area contributed by atoms with Crippen LogP contribution < -0.4 is 11.1 Å². The fraction of sp³-hybridized carbons (Fsp3) is 0.417. The molecular weight excluding hydrogens is 295 g/mol. The first-order valence-corrected chi connectivity index (χ1v) is 7.49. The minimum atomic E-state index is -0.0770. The Bertz CT molecular complexity index is 519. The number of anilines is 1. The molecule has 0 saturated heterocycles. The van der Waals surface area contributed by atoms with Crippen molar-refractivity contribution in [1.29, 1.82) is 0 Å². The molecule has 2 rings (SSSR count). The summed E-state index contributed by atoms with van der Waals surface area (Å²) in [4.78, 5) is 11.9. The van der Waals surface area contributed by atoms with Crippen LogP contribution in [-0.2, 0) is 4.79 Å². The van der Waals surface area contributed by atoms with Crippen molar-refractivity contribution >= 4 is 37.5 Å². The van der Waals surface area contributed by atoms with Gasteiger partial charge in [0.2, 0.25) is 0 Å². The Kier molecular flexibility index (Phi) is 4.47. The number of hydrogen-bond donors (Lipinski definition) is 2. The molecule has 96 valence electrons. The molecule has 18 heavy (non-hydrogen) atoms. The number of benzene rings is 1. The number of amides is 1. The fourth-order valence-electron chi connectivity index (χ4n) is 1.76. The van der Waals surface area contributed by atoms with Crippen molar-refractivity contribution in [2.24, 2.45) is 19.6 Å². The summed E-state index contributed by atoms with van der Waals surface area (Å²) >= 11 is -0.0770. The summed E-state index contributed by atoms with van der Waals surface area (Å²) in [6.07, 6.45) is 1.37. The van der Waals surface area contributed by atoms with Crippen LogP contribution in [0.4, 0.5) is 17.1 Å². The summed E-state index contributed by atoms with van der Waals surface area (Å²) in [5.74, 6) is 0.239. The number of carbonyl (C=O) groups excluding carboxylic acids is 1. The van der Waals surface area contributed by atoms with Gasteiger partial charge in [0.1, 0.15) is 0 Å². The number of nitrogens with one attached hydrogen (secondary N) is 1. The summed E-state index contributed by atoms with van der Waals surface area (Å²) in [6.45, 7) is 2.58. The molecule has 1 aliphatic heterocycles. The molecule has 5 nitrogen and oxygen atoms in total. The first-order valence-electron chi connectivity index (χ1n) is 5.95. The van der Waals surface area contributed by atoms with E-state index in [1.165, 1.54) is 0 Å². The van der Waals surface area contributed by atoms with Crippen LogP contribution in [0.3, 0.4) is 0 Å². The Labute approximate surface area is 112 Å². The normalized spacial score (nSPS) is 13.9. The van der Waals surface area contributed by atoms with Crippen molar-refractivity contribution in [3.63, 3.8) is 0 Å². The molecule has 1 atom stereocenters. The van der Waals surface area contributed by atoms with Crippen molar-refractivity contribution < 1.29 is 4.79 Å². The summed E-state index contributed by atoms with van der Waals surface area (Å²) in [6, 6.07) is 5.66. The Morgan fingerprint density at radius 1 is 1.50 bits per heavy atom. The van der Waals surface area contributed by atoms with Gasteiger partial charge in [-0.2, -0.15) is 0 Å². The average molecular weight is 311 g/mol. The predicted molar refractivity (Wildman–Crippen MR) is 72.5 cm³/mol. The van der Waals surface area contributed by atoms with Crippen LogP contribution >= 0.6 is 0 Å². The van der Waals surface area contributed by atoms with E-state index in [1.54, 1.807) is 0 Å². The molecule has 0 aromatic heterocycles. The van der Waals surface area contributed by atoms with Crippen LogP contribution in [0.1, 0.15) is 19.8 Å². The quantitative estimate of drug-likeness (QED) is 0.831. The second-order valence-electron chi connectivity index (χ2n) is 4.20. The summed E-state index contributed by atoms with van der Waals surface area (Å²) < 4.78 is 8.61. The average Bonchev–Trinajstić information content (AvgIpc) is 2.85. The van der Waals surface area contributed by atoms with E-state index in [4.69, 9.17) is 5.73 Å². The van der Waals surface area contributed by atoms with E-state index in [1.807, 2.05) is 25.1 Å². The van der Waals surface area contributed by atoms with E-state index >= 15 is 0 Å². The fourth-order valence-corrected chi connectivity index (χ4v) is 2.92. The molecule has 0 bridgehead atoms. The van der Waals surface area contributed by atoms with Crippen LogP contribution in [0.5, 0.6) is 0 Å². The van der Waals surface area contributed by atoms with E-state index in [-0.39, 0.29) is 26.4 Å². The topological polar surface area (TPSA) is 79.8 Å². The Morgan fingerprint density at radius 2 is 2.33 bits per heavy atom. The SMILES string of the molecule is CCC(CN)CC(=O)Nc1cccc2c1N=[Se]=N2. The van der Waals surface area contributed by atoms with Gasteiger partial charge < -0.3 is 0 Å². The van der Waals surface area contributed by atoms with Gasteiger partial charge in [0.05, 0.1) is 0 Å². The third-order valence-electron chi connectivity index (χ3n) is 2.94. The third-order valence-corrected chi connectivity index (χ3v) is 4.08. The zero-order valence-electron chi connectivity index (χ0n) is 10.2. The molecule has 1 unspecified atom stereocenters. The maximum atomic E-state index is 11.9. The van der Waals surface area contributed by atoms with Crippen LogP contribution in [0.25, 0.3) is 0 Å². The second-order valence-corrected chi connectivity index (χ2v) is 5.31. The molecule has 1 aliphatic rings. The summed E-state index contributed by atoms with van der Waals surface area (Å²) in [5, 5.41) is 2.90. The van der Waals surface area contributed by atoms with Crippen LogP contribution in [0.2, 0.25) is 0 Å². The Morgan fingerprint density at radius 3 is 3.06 bits per heavy atom. The molecule has 1 aromatic rings. The predicted octanol–water partition coefficient (Wildman–Crippen LogP) is 2.35. The zero-order valence-corrected chi connectivity index (χ0v) is 11.9. The van der Waals surface area contributed by atoms with Crippen molar-refractivity contribution in [2.75, 3.05) is 11.9 Å². The molecule has 1 aromatic carbocycles. The molecule has 0 radical (unpaired) electrons. The van der Waals surface area contributed by atoms with Gasteiger partial charge in [0, 0.05) is 0 Å². The standard InChI is InChI=1S/C12H16N4OSe/c1-2-8(7-13)6-11(17)14-9-4-3-5-10-12(9)16-18-15-10/h3-5,8H,2,6-7,13H2,1H3,(H,14,17). The van der Waals surface area contributed by atoms with Gasteiger partial charge in [-0.05, 0) is 0 Å². The first kappa shape index (κ1) is 13.2. The van der Waals surface area contributed by atoms with E-state index in [0.717, 1.165) is 23.5 Å². The van der Waals surface area contributed by atoms with Crippen molar-refractivity contribution in [2.45, 2.75) is 19.8 Å². The molecule has 6 heteroatoms. The number of nitrogens with zero attached hydrogens (tertiary/aromatic N) is 2. The number of nitrogens with two attached hydrogens (primary N) is 1. The van der Waals surface area contributed by atoms with Crippen LogP contribution in [0, 0.1) is 5.92 Å². The molecular formula is C12H16N4OSe. The van der Waals surface area contributed by atoms with Crippen molar-refractivity contribution in [3.05, 3.63) is 18.2 Å². The maximum absolute atomic E-state index is 11.9. The first-order chi connectivity index (χ1) is 8.74. The van der Waals surface area contributed by atoms with Gasteiger partial charge in [-0.3, -0.25) is 0 Å². The molecule has 0 aliphatic carbocycles. The molecule has 0 saturated carbocycles. The number of fused-ring (bicyclic) bond motifs is 1. The molecule has 0 fully saturated rings. The van der Waals surface area contributed by atoms with Crippen molar-refractivity contribution in [3.8, 4) is 0 Å². The van der Waals surface area contributed by atoms with Gasteiger partial charge in [0.25, 0.3) is 0 Å². The number of hydrogen-bond acceptors (Lipinski definition) is 4. The van der Waals surface area contributed by atoms with Gasteiger partial charge in [-0.25, -0.2) is 0 Å². The summed E-state index contributed by atoms with van der Waals surface area (Å²) in [7, 11) is 0. The monoisotopic (exact) mass is 312 g/mol. The number of carbonyl (C=O) groups is 1. The molecule has 1 amide bonds. The van der Waals surface area contributed by atoms with E-state index in [9.17, 15) is 4.79 Å². The Balaban J connectivity index is 2.05. The van der Waals surface area contributed by atoms with E-state index < -0.39 is 0 Å². The van der Waals surface area contributed by atoms with E-state index in [0.29, 0.717) is 13.0 Å².